The first-order valence-corrected chi connectivity index (χ1v) is 7.44. The van der Waals surface area contributed by atoms with Gasteiger partial charge in [-0.3, -0.25) is 4.68 Å². The largest absolute Gasteiger partial charge is 0.348 e. The lowest BCUT2D eigenvalue weighted by molar-refractivity contribution is 0.505. The van der Waals surface area contributed by atoms with Crippen molar-refractivity contribution in [2.24, 2.45) is 7.05 Å². The van der Waals surface area contributed by atoms with E-state index in [9.17, 15) is 0 Å². The number of thiocarbonyl (C=S) groups is 1. The molecule has 0 fully saturated rings. The van der Waals surface area contributed by atoms with Crippen molar-refractivity contribution in [3.63, 3.8) is 0 Å². The van der Waals surface area contributed by atoms with E-state index >= 15 is 0 Å². The summed E-state index contributed by atoms with van der Waals surface area (Å²) < 4.78 is 1.89. The summed E-state index contributed by atoms with van der Waals surface area (Å²) in [5.41, 5.74) is 4.28. The van der Waals surface area contributed by atoms with Crippen LogP contribution < -0.4 is 5.32 Å². The fourth-order valence-electron chi connectivity index (χ4n) is 2.14. The van der Waals surface area contributed by atoms with Crippen LogP contribution in [0.25, 0.3) is 0 Å². The number of aromatic nitrogens is 2. The van der Waals surface area contributed by atoms with E-state index in [4.69, 9.17) is 23.8 Å². The van der Waals surface area contributed by atoms with E-state index in [-0.39, 0.29) is 0 Å². The first-order valence-electron chi connectivity index (χ1n) is 6.65. The molecule has 0 radical (unpaired) electrons. The number of hydrogen-bond acceptors (Lipinski definition) is 2. The molecule has 0 saturated carbocycles. The number of aryl methyl sites for hydroxylation is 2. The smallest absolute Gasteiger partial charge is 0.173 e. The second kappa shape index (κ2) is 6.45. The van der Waals surface area contributed by atoms with Crippen molar-refractivity contribution < 1.29 is 0 Å². The SMILES string of the molecule is Cc1nn(C)c(C)c1CN(C)C(=S)Nc1cccc(Cl)c1. The zero-order chi connectivity index (χ0) is 15.6. The number of benzene rings is 1. The predicted molar refractivity (Wildman–Crippen MR) is 91.8 cm³/mol. The molecule has 0 atom stereocenters. The molecule has 0 unspecified atom stereocenters. The van der Waals surface area contributed by atoms with Crippen molar-refractivity contribution in [3.05, 3.63) is 46.2 Å². The van der Waals surface area contributed by atoms with E-state index in [1.807, 2.05) is 54.9 Å². The molecule has 1 aromatic carbocycles. The van der Waals surface area contributed by atoms with Gasteiger partial charge in [-0.2, -0.15) is 5.10 Å². The standard InChI is InChI=1S/C15H19ClN4S/c1-10-14(11(2)20(4)18-10)9-19(3)15(21)17-13-7-5-6-12(16)8-13/h5-8H,9H2,1-4H3,(H,17,21). The summed E-state index contributed by atoms with van der Waals surface area (Å²) in [5, 5.41) is 8.96. The van der Waals surface area contributed by atoms with Crippen LogP contribution in [0.1, 0.15) is 17.0 Å². The Labute approximate surface area is 135 Å². The number of nitrogens with one attached hydrogen (secondary N) is 1. The summed E-state index contributed by atoms with van der Waals surface area (Å²) in [6.45, 7) is 4.80. The lowest BCUT2D eigenvalue weighted by Gasteiger charge is -2.21. The molecule has 0 bridgehead atoms. The van der Waals surface area contributed by atoms with Crippen LogP contribution in [0.15, 0.2) is 24.3 Å². The van der Waals surface area contributed by atoms with E-state index in [0.29, 0.717) is 10.1 Å². The summed E-state index contributed by atoms with van der Waals surface area (Å²) in [6, 6.07) is 7.51. The Morgan fingerprint density at radius 3 is 2.71 bits per heavy atom. The van der Waals surface area contributed by atoms with Crippen LogP contribution in [0, 0.1) is 13.8 Å². The van der Waals surface area contributed by atoms with Gasteiger partial charge in [0.05, 0.1) is 5.69 Å². The van der Waals surface area contributed by atoms with E-state index < -0.39 is 0 Å². The van der Waals surface area contributed by atoms with E-state index in [2.05, 4.69) is 17.3 Å². The molecule has 0 aliphatic carbocycles. The zero-order valence-electron chi connectivity index (χ0n) is 12.6. The third kappa shape index (κ3) is 3.74. The Balaban J connectivity index is 2.06. The van der Waals surface area contributed by atoms with Gasteiger partial charge in [-0.1, -0.05) is 17.7 Å². The van der Waals surface area contributed by atoms with Crippen LogP contribution in [0.5, 0.6) is 0 Å². The molecule has 0 saturated heterocycles. The molecule has 0 aliphatic heterocycles. The quantitative estimate of drug-likeness (QED) is 0.877. The Bertz CT molecular complexity index is 666. The van der Waals surface area contributed by atoms with Crippen LogP contribution in [-0.2, 0) is 13.6 Å². The van der Waals surface area contributed by atoms with Gasteiger partial charge in [-0.15, -0.1) is 0 Å². The molecule has 6 heteroatoms. The van der Waals surface area contributed by atoms with Crippen molar-refractivity contribution in [2.45, 2.75) is 20.4 Å². The number of anilines is 1. The number of nitrogens with zero attached hydrogens (tertiary/aromatic N) is 3. The molecule has 21 heavy (non-hydrogen) atoms. The summed E-state index contributed by atoms with van der Waals surface area (Å²) >= 11 is 11.4. The van der Waals surface area contributed by atoms with Crippen molar-refractivity contribution in [1.29, 1.82) is 0 Å². The fraction of sp³-hybridized carbons (Fsp3) is 0.333. The number of halogens is 1. The first-order chi connectivity index (χ1) is 9.88. The van der Waals surface area contributed by atoms with Gasteiger partial charge in [0.2, 0.25) is 0 Å². The Hall–Kier alpha value is -1.59. The highest BCUT2D eigenvalue weighted by molar-refractivity contribution is 7.80. The molecule has 4 nitrogen and oxygen atoms in total. The minimum atomic E-state index is 0.653. The number of hydrogen-bond donors (Lipinski definition) is 1. The molecule has 1 heterocycles. The molecule has 0 amide bonds. The molecular formula is C15H19ClN4S. The molecule has 112 valence electrons. The summed E-state index contributed by atoms with van der Waals surface area (Å²) in [6.07, 6.45) is 0. The van der Waals surface area contributed by atoms with Crippen LogP contribution in [0.3, 0.4) is 0 Å². The van der Waals surface area contributed by atoms with Gasteiger partial charge in [0.1, 0.15) is 0 Å². The van der Waals surface area contributed by atoms with Crippen molar-refractivity contribution in [3.8, 4) is 0 Å². The van der Waals surface area contributed by atoms with E-state index in [1.54, 1.807) is 0 Å². The normalized spacial score (nSPS) is 10.5. The zero-order valence-corrected chi connectivity index (χ0v) is 14.2. The maximum atomic E-state index is 5.97. The average Bonchev–Trinajstić information content (AvgIpc) is 2.65. The number of rotatable bonds is 3. The summed E-state index contributed by atoms with van der Waals surface area (Å²) in [7, 11) is 3.92. The highest BCUT2D eigenvalue weighted by Crippen LogP contribution is 2.17. The molecule has 1 aromatic heterocycles. The van der Waals surface area contributed by atoms with E-state index in [0.717, 1.165) is 23.6 Å². The van der Waals surface area contributed by atoms with Gasteiger partial charge in [-0.05, 0) is 44.3 Å². The second-order valence-electron chi connectivity index (χ2n) is 5.07. The highest BCUT2D eigenvalue weighted by atomic mass is 35.5. The van der Waals surface area contributed by atoms with Gasteiger partial charge < -0.3 is 10.2 Å². The van der Waals surface area contributed by atoms with Gasteiger partial charge in [0.25, 0.3) is 0 Å². The van der Waals surface area contributed by atoms with Crippen LogP contribution in [-0.4, -0.2) is 26.8 Å². The van der Waals surface area contributed by atoms with Crippen molar-refractivity contribution in [1.82, 2.24) is 14.7 Å². The molecule has 1 N–H and O–H groups in total. The second-order valence-corrected chi connectivity index (χ2v) is 5.89. The maximum absolute atomic E-state index is 5.97. The van der Waals surface area contributed by atoms with Gasteiger partial charge >= 0.3 is 0 Å². The molecule has 2 aromatic rings. The van der Waals surface area contributed by atoms with Crippen LogP contribution >= 0.6 is 23.8 Å². The van der Waals surface area contributed by atoms with Crippen LogP contribution in [0.2, 0.25) is 5.02 Å². The third-order valence-corrected chi connectivity index (χ3v) is 4.13. The molecule has 0 spiro atoms. The van der Waals surface area contributed by atoms with E-state index in [1.165, 1.54) is 5.56 Å². The molecule has 0 aliphatic rings. The Morgan fingerprint density at radius 2 is 2.14 bits per heavy atom. The molecule has 2 rings (SSSR count). The van der Waals surface area contributed by atoms with Gasteiger partial charge in [-0.25, -0.2) is 0 Å². The van der Waals surface area contributed by atoms with Crippen LogP contribution in [0.4, 0.5) is 5.69 Å². The van der Waals surface area contributed by atoms with Gasteiger partial charge in [0, 0.05) is 42.6 Å². The third-order valence-electron chi connectivity index (χ3n) is 3.48. The Morgan fingerprint density at radius 1 is 1.43 bits per heavy atom. The lowest BCUT2D eigenvalue weighted by atomic mass is 10.2. The monoisotopic (exact) mass is 322 g/mol. The topological polar surface area (TPSA) is 33.1 Å². The maximum Gasteiger partial charge on any atom is 0.173 e. The Kier molecular flexibility index (Phi) is 4.85. The summed E-state index contributed by atoms with van der Waals surface area (Å²) in [4.78, 5) is 1.99. The highest BCUT2D eigenvalue weighted by Gasteiger charge is 2.13. The first kappa shape index (κ1) is 15.8. The van der Waals surface area contributed by atoms with Crippen molar-refractivity contribution >= 4 is 34.6 Å². The van der Waals surface area contributed by atoms with Gasteiger partial charge in [0.15, 0.2) is 5.11 Å². The van der Waals surface area contributed by atoms with Crippen molar-refractivity contribution in [2.75, 3.05) is 12.4 Å². The fourth-order valence-corrected chi connectivity index (χ4v) is 2.51. The predicted octanol–water partition coefficient (Wildman–Crippen LogP) is 3.52. The lowest BCUT2D eigenvalue weighted by Crippen LogP contribution is -2.30. The average molecular weight is 323 g/mol. The molecular weight excluding hydrogens is 304 g/mol. The minimum Gasteiger partial charge on any atom is -0.348 e. The summed E-state index contributed by atoms with van der Waals surface area (Å²) in [5.74, 6) is 0. The minimum absolute atomic E-state index is 0.653.